The number of carbonyl (C=O) groups is 1. The number of carbonyl (C=O) groups excluding carboxylic acids is 1. The van der Waals surface area contributed by atoms with Crippen molar-refractivity contribution < 1.29 is 24.1 Å². The fraction of sp³-hybridized carbons (Fsp3) is 0.786. The predicted molar refractivity (Wildman–Crippen MR) is 68.0 cm³/mol. The maximum absolute atomic E-state index is 11.9. The SMILES string of the molecule is CCOC(CC)OCOC(=O)C1CC2C=CC1C2O. The molecule has 5 atom stereocenters. The van der Waals surface area contributed by atoms with Gasteiger partial charge in [0.25, 0.3) is 0 Å². The van der Waals surface area contributed by atoms with Crippen LogP contribution in [0.3, 0.4) is 0 Å². The first-order valence-electron chi connectivity index (χ1n) is 6.93. The summed E-state index contributed by atoms with van der Waals surface area (Å²) in [6.07, 6.45) is 4.53. The molecule has 0 spiro atoms. The molecule has 1 saturated carbocycles. The molecule has 5 unspecified atom stereocenters. The molecule has 2 bridgehead atoms. The van der Waals surface area contributed by atoms with E-state index in [2.05, 4.69) is 0 Å². The van der Waals surface area contributed by atoms with Crippen LogP contribution in [0.2, 0.25) is 0 Å². The molecule has 0 radical (unpaired) electrons. The van der Waals surface area contributed by atoms with Crippen LogP contribution in [0.15, 0.2) is 12.2 Å². The van der Waals surface area contributed by atoms with Gasteiger partial charge in [0.15, 0.2) is 13.1 Å². The summed E-state index contributed by atoms with van der Waals surface area (Å²) in [6, 6.07) is 0. The van der Waals surface area contributed by atoms with E-state index in [0.29, 0.717) is 19.4 Å². The van der Waals surface area contributed by atoms with Crippen LogP contribution in [0.5, 0.6) is 0 Å². The Kier molecular flexibility index (Phi) is 4.96. The maximum Gasteiger partial charge on any atom is 0.311 e. The van der Waals surface area contributed by atoms with Crippen molar-refractivity contribution in [3.8, 4) is 0 Å². The lowest BCUT2D eigenvalue weighted by atomic mass is 9.94. The predicted octanol–water partition coefficient (Wildman–Crippen LogP) is 1.46. The summed E-state index contributed by atoms with van der Waals surface area (Å²) in [5.41, 5.74) is 0. The number of fused-ring (bicyclic) bond motifs is 2. The van der Waals surface area contributed by atoms with Gasteiger partial charge in [0.05, 0.1) is 12.0 Å². The molecule has 5 heteroatoms. The molecule has 0 aromatic carbocycles. The number of hydrogen-bond acceptors (Lipinski definition) is 5. The molecule has 2 aliphatic rings. The number of esters is 1. The minimum Gasteiger partial charge on any atom is -0.438 e. The van der Waals surface area contributed by atoms with E-state index in [1.165, 1.54) is 0 Å². The number of rotatable bonds is 7. The molecule has 0 amide bonds. The van der Waals surface area contributed by atoms with Gasteiger partial charge in [0.1, 0.15) is 0 Å². The van der Waals surface area contributed by atoms with Crippen molar-refractivity contribution in [3.63, 3.8) is 0 Å². The molecule has 0 aromatic rings. The second-order valence-electron chi connectivity index (χ2n) is 5.00. The van der Waals surface area contributed by atoms with Gasteiger partial charge in [-0.3, -0.25) is 4.79 Å². The van der Waals surface area contributed by atoms with Crippen LogP contribution in [0.1, 0.15) is 26.7 Å². The van der Waals surface area contributed by atoms with E-state index in [-0.39, 0.29) is 36.8 Å². The Bertz CT molecular complexity index is 341. The number of aliphatic hydroxyl groups excluding tert-OH is 1. The Labute approximate surface area is 113 Å². The fourth-order valence-electron chi connectivity index (χ4n) is 2.82. The van der Waals surface area contributed by atoms with Gasteiger partial charge in [-0.25, -0.2) is 0 Å². The Hall–Kier alpha value is -0.910. The molecular weight excluding hydrogens is 248 g/mol. The van der Waals surface area contributed by atoms with Gasteiger partial charge < -0.3 is 19.3 Å². The molecule has 108 valence electrons. The van der Waals surface area contributed by atoms with Crippen molar-refractivity contribution in [2.24, 2.45) is 17.8 Å². The third kappa shape index (κ3) is 3.16. The quantitative estimate of drug-likeness (QED) is 0.431. The van der Waals surface area contributed by atoms with Crippen molar-refractivity contribution in [2.75, 3.05) is 13.4 Å². The zero-order chi connectivity index (χ0) is 13.8. The molecule has 19 heavy (non-hydrogen) atoms. The lowest BCUT2D eigenvalue weighted by Gasteiger charge is -2.19. The van der Waals surface area contributed by atoms with E-state index < -0.39 is 6.10 Å². The molecule has 1 N–H and O–H groups in total. The average Bonchev–Trinajstić information content (AvgIpc) is 2.93. The molecular formula is C14H22O5. The van der Waals surface area contributed by atoms with Crippen LogP contribution in [0, 0.1) is 17.8 Å². The fourth-order valence-corrected chi connectivity index (χ4v) is 2.82. The third-order valence-corrected chi connectivity index (χ3v) is 3.85. The molecule has 5 nitrogen and oxygen atoms in total. The first-order chi connectivity index (χ1) is 9.17. The van der Waals surface area contributed by atoms with Gasteiger partial charge in [-0.15, -0.1) is 0 Å². The van der Waals surface area contributed by atoms with Gasteiger partial charge >= 0.3 is 5.97 Å². The van der Waals surface area contributed by atoms with Crippen LogP contribution < -0.4 is 0 Å². The van der Waals surface area contributed by atoms with Gasteiger partial charge in [0, 0.05) is 18.4 Å². The summed E-state index contributed by atoms with van der Waals surface area (Å²) in [7, 11) is 0. The number of hydrogen-bond donors (Lipinski definition) is 1. The zero-order valence-corrected chi connectivity index (χ0v) is 11.5. The van der Waals surface area contributed by atoms with E-state index in [0.717, 1.165) is 0 Å². The summed E-state index contributed by atoms with van der Waals surface area (Å²) in [5.74, 6) is -0.510. The maximum atomic E-state index is 11.9. The molecule has 2 aliphatic carbocycles. The minimum atomic E-state index is -0.426. The molecule has 0 aromatic heterocycles. The summed E-state index contributed by atoms with van der Waals surface area (Å²) in [5, 5.41) is 9.85. The van der Waals surface area contributed by atoms with Crippen molar-refractivity contribution in [3.05, 3.63) is 12.2 Å². The second-order valence-corrected chi connectivity index (χ2v) is 5.00. The summed E-state index contributed by atoms with van der Waals surface area (Å²) < 4.78 is 15.7. The molecule has 2 rings (SSSR count). The zero-order valence-electron chi connectivity index (χ0n) is 11.5. The van der Waals surface area contributed by atoms with Crippen LogP contribution in [-0.2, 0) is 19.0 Å². The Morgan fingerprint density at radius 1 is 1.37 bits per heavy atom. The van der Waals surface area contributed by atoms with E-state index >= 15 is 0 Å². The first kappa shape index (κ1) is 14.5. The number of ether oxygens (including phenoxy) is 3. The van der Waals surface area contributed by atoms with E-state index in [9.17, 15) is 9.90 Å². The smallest absolute Gasteiger partial charge is 0.311 e. The van der Waals surface area contributed by atoms with Crippen LogP contribution >= 0.6 is 0 Å². The highest BCUT2D eigenvalue weighted by molar-refractivity contribution is 5.74. The first-order valence-corrected chi connectivity index (χ1v) is 6.93. The van der Waals surface area contributed by atoms with Crippen molar-refractivity contribution in [1.29, 1.82) is 0 Å². The minimum absolute atomic E-state index is 0.0913. The number of aliphatic hydroxyl groups is 1. The highest BCUT2D eigenvalue weighted by atomic mass is 16.8. The Morgan fingerprint density at radius 2 is 2.16 bits per heavy atom. The van der Waals surface area contributed by atoms with E-state index in [4.69, 9.17) is 14.2 Å². The average molecular weight is 270 g/mol. The van der Waals surface area contributed by atoms with E-state index in [1.54, 1.807) is 0 Å². The van der Waals surface area contributed by atoms with Crippen LogP contribution in [0.25, 0.3) is 0 Å². The normalized spacial score (nSPS) is 33.6. The Balaban J connectivity index is 1.72. The van der Waals surface area contributed by atoms with Gasteiger partial charge in [-0.1, -0.05) is 19.1 Å². The topological polar surface area (TPSA) is 65.0 Å². The van der Waals surface area contributed by atoms with Gasteiger partial charge in [-0.05, 0) is 19.8 Å². The highest BCUT2D eigenvalue weighted by Crippen LogP contribution is 2.44. The van der Waals surface area contributed by atoms with Crippen molar-refractivity contribution >= 4 is 5.97 Å². The summed E-state index contributed by atoms with van der Waals surface area (Å²) >= 11 is 0. The highest BCUT2D eigenvalue weighted by Gasteiger charge is 2.47. The Morgan fingerprint density at radius 3 is 2.68 bits per heavy atom. The second kappa shape index (κ2) is 6.50. The van der Waals surface area contributed by atoms with Crippen molar-refractivity contribution in [2.45, 2.75) is 39.1 Å². The third-order valence-electron chi connectivity index (χ3n) is 3.85. The van der Waals surface area contributed by atoms with Crippen LogP contribution in [0.4, 0.5) is 0 Å². The molecule has 0 saturated heterocycles. The van der Waals surface area contributed by atoms with Gasteiger partial charge in [-0.2, -0.15) is 0 Å². The monoisotopic (exact) mass is 270 g/mol. The van der Waals surface area contributed by atoms with Gasteiger partial charge in [0.2, 0.25) is 0 Å². The van der Waals surface area contributed by atoms with Crippen LogP contribution in [-0.4, -0.2) is 36.9 Å². The lowest BCUT2D eigenvalue weighted by molar-refractivity contribution is -0.202. The van der Waals surface area contributed by atoms with Crippen molar-refractivity contribution in [1.82, 2.24) is 0 Å². The molecule has 0 aliphatic heterocycles. The summed E-state index contributed by atoms with van der Waals surface area (Å²) in [6.45, 7) is 4.31. The summed E-state index contributed by atoms with van der Waals surface area (Å²) in [4.78, 5) is 11.9. The largest absolute Gasteiger partial charge is 0.438 e. The standard InChI is InChI=1S/C14H22O5/c1-3-12(17-4-2)18-8-19-14(16)11-7-9-5-6-10(11)13(9)15/h5-6,9-13,15H,3-4,7-8H2,1-2H3. The lowest BCUT2D eigenvalue weighted by Crippen LogP contribution is -2.26. The molecule has 1 fully saturated rings. The van der Waals surface area contributed by atoms with E-state index in [1.807, 2.05) is 26.0 Å². The molecule has 0 heterocycles.